The lowest BCUT2D eigenvalue weighted by atomic mass is 10.2. The maximum atomic E-state index is 5.80. The van der Waals surface area contributed by atoms with Gasteiger partial charge < -0.3 is 20.3 Å². The number of nitrogens with zero attached hydrogens (tertiary/aromatic N) is 6. The summed E-state index contributed by atoms with van der Waals surface area (Å²) in [6, 6.07) is 0.551. The summed E-state index contributed by atoms with van der Waals surface area (Å²) >= 11 is 0. The summed E-state index contributed by atoms with van der Waals surface area (Å²) in [5.41, 5.74) is 5.80. The maximum absolute atomic E-state index is 5.80. The van der Waals surface area contributed by atoms with Crippen LogP contribution in [0.4, 0.5) is 17.8 Å². The molecule has 2 aliphatic heterocycles. The number of nitrogen functional groups attached to an aromatic ring is 1. The minimum absolute atomic E-state index is 0.276. The number of nitrogens with two attached hydrogens (primary N) is 1. The van der Waals surface area contributed by atoms with E-state index in [0.29, 0.717) is 17.9 Å². The quantitative estimate of drug-likeness (QED) is 0.793. The van der Waals surface area contributed by atoms with Gasteiger partial charge in [0.05, 0.1) is 13.2 Å². The first kappa shape index (κ1) is 14.3. The second-order valence-electron chi connectivity index (χ2n) is 5.72. The van der Waals surface area contributed by atoms with Crippen LogP contribution in [0.25, 0.3) is 0 Å². The molecule has 0 aromatic carbocycles. The lowest BCUT2D eigenvalue weighted by Crippen LogP contribution is -2.44. The topological polar surface area (TPSA) is 83.6 Å². The first-order valence-corrected chi connectivity index (χ1v) is 7.39. The third-order valence-corrected chi connectivity index (χ3v) is 4.04. The monoisotopic (exact) mass is 293 g/mol. The predicted octanol–water partition coefficient (Wildman–Crippen LogP) is -0.569. The van der Waals surface area contributed by atoms with E-state index in [9.17, 15) is 0 Å². The van der Waals surface area contributed by atoms with Gasteiger partial charge in [0.2, 0.25) is 17.8 Å². The zero-order valence-electron chi connectivity index (χ0n) is 12.7. The number of hydrogen-bond donors (Lipinski definition) is 1. The highest BCUT2D eigenvalue weighted by molar-refractivity contribution is 5.43. The van der Waals surface area contributed by atoms with Gasteiger partial charge in [0.25, 0.3) is 0 Å². The van der Waals surface area contributed by atoms with Crippen molar-refractivity contribution in [1.29, 1.82) is 0 Å². The molecule has 1 aromatic heterocycles. The van der Waals surface area contributed by atoms with E-state index in [2.05, 4.69) is 24.8 Å². The molecule has 2 fully saturated rings. The van der Waals surface area contributed by atoms with Crippen LogP contribution in [-0.4, -0.2) is 79.4 Å². The molecule has 2 N–H and O–H groups in total. The molecule has 3 heterocycles. The molecule has 1 atom stereocenters. The van der Waals surface area contributed by atoms with E-state index < -0.39 is 0 Å². The van der Waals surface area contributed by atoms with Crippen LogP contribution in [0.5, 0.6) is 0 Å². The number of hydrogen-bond acceptors (Lipinski definition) is 8. The zero-order chi connectivity index (χ0) is 14.8. The molecule has 2 saturated heterocycles. The van der Waals surface area contributed by atoms with E-state index in [4.69, 9.17) is 10.5 Å². The van der Waals surface area contributed by atoms with Gasteiger partial charge in [-0.3, -0.25) is 4.90 Å². The first-order chi connectivity index (χ1) is 10.1. The van der Waals surface area contributed by atoms with Crippen LogP contribution in [-0.2, 0) is 4.74 Å². The van der Waals surface area contributed by atoms with Crippen LogP contribution in [0.1, 0.15) is 6.42 Å². The van der Waals surface area contributed by atoms with Gasteiger partial charge in [0.1, 0.15) is 0 Å². The summed E-state index contributed by atoms with van der Waals surface area (Å²) in [7, 11) is 3.80. The number of rotatable bonds is 3. The van der Waals surface area contributed by atoms with Crippen LogP contribution in [0.15, 0.2) is 0 Å². The second kappa shape index (κ2) is 5.98. The van der Waals surface area contributed by atoms with Crippen molar-refractivity contribution in [2.75, 3.05) is 69.0 Å². The van der Waals surface area contributed by atoms with Crippen molar-refractivity contribution in [2.45, 2.75) is 12.5 Å². The molecule has 21 heavy (non-hydrogen) atoms. The van der Waals surface area contributed by atoms with Gasteiger partial charge in [0.15, 0.2) is 0 Å². The molecule has 0 radical (unpaired) electrons. The second-order valence-corrected chi connectivity index (χ2v) is 5.72. The third kappa shape index (κ3) is 3.16. The van der Waals surface area contributed by atoms with Crippen molar-refractivity contribution < 1.29 is 4.74 Å². The van der Waals surface area contributed by atoms with Gasteiger partial charge in [-0.05, 0) is 6.42 Å². The number of morpholine rings is 1. The average Bonchev–Trinajstić information content (AvgIpc) is 2.97. The van der Waals surface area contributed by atoms with Crippen LogP contribution in [0.3, 0.4) is 0 Å². The van der Waals surface area contributed by atoms with Gasteiger partial charge in [-0.25, -0.2) is 0 Å². The van der Waals surface area contributed by atoms with E-state index in [1.54, 1.807) is 0 Å². The Kier molecular flexibility index (Phi) is 4.07. The normalized spacial score (nSPS) is 23.5. The Morgan fingerprint density at radius 1 is 1.14 bits per heavy atom. The van der Waals surface area contributed by atoms with E-state index in [1.807, 2.05) is 19.0 Å². The maximum Gasteiger partial charge on any atom is 0.232 e. The van der Waals surface area contributed by atoms with Crippen molar-refractivity contribution >= 4 is 17.8 Å². The Bertz CT molecular complexity index is 489. The Labute approximate surface area is 124 Å². The molecule has 1 unspecified atom stereocenters. The summed E-state index contributed by atoms with van der Waals surface area (Å²) < 4.78 is 5.42. The summed E-state index contributed by atoms with van der Waals surface area (Å²) in [5.74, 6) is 1.56. The lowest BCUT2D eigenvalue weighted by molar-refractivity contribution is 0.0209. The fourth-order valence-electron chi connectivity index (χ4n) is 2.87. The van der Waals surface area contributed by atoms with Crippen molar-refractivity contribution in [1.82, 2.24) is 19.9 Å². The van der Waals surface area contributed by atoms with Gasteiger partial charge in [-0.1, -0.05) is 0 Å². The van der Waals surface area contributed by atoms with Gasteiger partial charge in [-0.2, -0.15) is 15.0 Å². The molecule has 2 aliphatic rings. The summed E-state index contributed by atoms with van der Waals surface area (Å²) in [4.78, 5) is 19.5. The predicted molar refractivity (Wildman–Crippen MR) is 81.6 cm³/mol. The van der Waals surface area contributed by atoms with Crippen molar-refractivity contribution in [2.24, 2.45) is 0 Å². The summed E-state index contributed by atoms with van der Waals surface area (Å²) in [6.07, 6.45) is 1.13. The van der Waals surface area contributed by atoms with E-state index in [0.717, 1.165) is 45.8 Å². The van der Waals surface area contributed by atoms with E-state index in [-0.39, 0.29) is 5.95 Å². The Balaban J connectivity index is 1.70. The molecule has 1 aromatic rings. The van der Waals surface area contributed by atoms with E-state index >= 15 is 0 Å². The lowest BCUT2D eigenvalue weighted by Gasteiger charge is -2.32. The molecule has 8 heteroatoms. The number of aromatic nitrogens is 3. The minimum Gasteiger partial charge on any atom is -0.379 e. The highest BCUT2D eigenvalue weighted by Crippen LogP contribution is 2.22. The average molecular weight is 293 g/mol. The molecule has 116 valence electrons. The van der Waals surface area contributed by atoms with Crippen molar-refractivity contribution in [3.63, 3.8) is 0 Å². The Morgan fingerprint density at radius 2 is 1.90 bits per heavy atom. The molecule has 0 amide bonds. The van der Waals surface area contributed by atoms with Gasteiger partial charge >= 0.3 is 0 Å². The van der Waals surface area contributed by atoms with Crippen molar-refractivity contribution in [3.8, 4) is 0 Å². The van der Waals surface area contributed by atoms with Crippen LogP contribution >= 0.6 is 0 Å². The first-order valence-electron chi connectivity index (χ1n) is 7.39. The number of ether oxygens (including phenoxy) is 1. The highest BCUT2D eigenvalue weighted by atomic mass is 16.5. The standard InChI is InChI=1S/C13H23N7O/c1-18(2)12-15-11(14)16-13(17-12)20-4-3-10(9-20)19-5-7-21-8-6-19/h10H,3-9H2,1-2H3,(H2,14,15,16,17). The number of anilines is 3. The van der Waals surface area contributed by atoms with E-state index in [1.165, 1.54) is 0 Å². The minimum atomic E-state index is 0.276. The van der Waals surface area contributed by atoms with Gasteiger partial charge in [-0.15, -0.1) is 0 Å². The molecular formula is C13H23N7O. The molecule has 0 aliphatic carbocycles. The van der Waals surface area contributed by atoms with Crippen LogP contribution in [0, 0.1) is 0 Å². The molecule has 0 saturated carbocycles. The fraction of sp³-hybridized carbons (Fsp3) is 0.769. The largest absolute Gasteiger partial charge is 0.379 e. The van der Waals surface area contributed by atoms with Crippen LogP contribution in [0.2, 0.25) is 0 Å². The fourth-order valence-corrected chi connectivity index (χ4v) is 2.87. The molecule has 0 bridgehead atoms. The van der Waals surface area contributed by atoms with Crippen molar-refractivity contribution in [3.05, 3.63) is 0 Å². The van der Waals surface area contributed by atoms with Crippen LogP contribution < -0.4 is 15.5 Å². The third-order valence-electron chi connectivity index (χ3n) is 4.04. The summed E-state index contributed by atoms with van der Waals surface area (Å²) in [5, 5.41) is 0. The highest BCUT2D eigenvalue weighted by Gasteiger charge is 2.30. The molecule has 3 rings (SSSR count). The molecule has 0 spiro atoms. The molecule has 8 nitrogen and oxygen atoms in total. The summed E-state index contributed by atoms with van der Waals surface area (Å²) in [6.45, 7) is 5.59. The molecular weight excluding hydrogens is 270 g/mol. The smallest absolute Gasteiger partial charge is 0.232 e. The van der Waals surface area contributed by atoms with Gasteiger partial charge in [0, 0.05) is 46.3 Å². The SMILES string of the molecule is CN(C)c1nc(N)nc(N2CCC(N3CCOCC3)C2)n1. The zero-order valence-corrected chi connectivity index (χ0v) is 12.7. The Hall–Kier alpha value is -1.67. The Morgan fingerprint density at radius 3 is 2.62 bits per heavy atom.